The first-order valence-electron chi connectivity index (χ1n) is 9.14. The molecule has 0 amide bonds. The van der Waals surface area contributed by atoms with Crippen molar-refractivity contribution in [3.05, 3.63) is 59.6 Å². The molecule has 3 heteroatoms. The molecule has 1 aliphatic heterocycles. The predicted molar refractivity (Wildman–Crippen MR) is 101 cm³/mol. The van der Waals surface area contributed by atoms with E-state index in [1.54, 1.807) is 0 Å². The van der Waals surface area contributed by atoms with Gasteiger partial charge in [-0.3, -0.25) is 0 Å². The van der Waals surface area contributed by atoms with Crippen LogP contribution in [0.5, 0.6) is 0 Å². The van der Waals surface area contributed by atoms with Gasteiger partial charge in [0.2, 0.25) is 0 Å². The number of benzene rings is 1. The molecule has 2 fully saturated rings. The van der Waals surface area contributed by atoms with Crippen molar-refractivity contribution >= 4 is 7.12 Å². The second-order valence-electron chi connectivity index (χ2n) is 8.02. The summed E-state index contributed by atoms with van der Waals surface area (Å²) in [6.07, 6.45) is 9.24. The molecule has 1 aliphatic carbocycles. The molecule has 0 radical (unpaired) electrons. The Labute approximate surface area is 147 Å². The lowest BCUT2D eigenvalue weighted by atomic mass is 9.81. The quantitative estimate of drug-likeness (QED) is 0.688. The van der Waals surface area contributed by atoms with Crippen LogP contribution in [0.4, 0.5) is 0 Å². The lowest BCUT2D eigenvalue weighted by Crippen LogP contribution is -2.41. The van der Waals surface area contributed by atoms with Crippen LogP contribution < -0.4 is 0 Å². The minimum Gasteiger partial charge on any atom is -0.400 e. The summed E-state index contributed by atoms with van der Waals surface area (Å²) in [6.45, 7) is 8.35. The van der Waals surface area contributed by atoms with E-state index >= 15 is 0 Å². The summed E-state index contributed by atoms with van der Waals surface area (Å²) in [6, 6.07) is 10.9. The Hall–Kier alpha value is -1.32. The molecule has 0 unspecified atom stereocenters. The molecule has 0 spiro atoms. The highest BCUT2D eigenvalue weighted by molar-refractivity contribution is 6.51. The maximum Gasteiger partial charge on any atom is 0.487 e. The SMILES string of the molecule is CC1(C)OB(/C=C/C=C2CCC(c3ccccc3)CC2)OC1(C)C. The zero-order chi connectivity index (χ0) is 17.2. The monoisotopic (exact) mass is 324 g/mol. The molecule has 0 bridgehead atoms. The van der Waals surface area contributed by atoms with Crippen molar-refractivity contribution in [2.75, 3.05) is 0 Å². The normalized spacial score (nSPS) is 26.1. The van der Waals surface area contributed by atoms with Gasteiger partial charge in [0.15, 0.2) is 0 Å². The maximum absolute atomic E-state index is 5.99. The molecular formula is C21H29BO2. The third kappa shape index (κ3) is 3.84. The van der Waals surface area contributed by atoms with Crippen molar-refractivity contribution in [1.29, 1.82) is 0 Å². The first-order chi connectivity index (χ1) is 11.4. The number of rotatable bonds is 3. The molecule has 0 aromatic heterocycles. The van der Waals surface area contributed by atoms with E-state index in [0.717, 1.165) is 5.92 Å². The summed E-state index contributed by atoms with van der Waals surface area (Å²) in [4.78, 5) is 0. The van der Waals surface area contributed by atoms with E-state index in [0.29, 0.717) is 0 Å². The van der Waals surface area contributed by atoms with Gasteiger partial charge in [-0.05, 0) is 64.9 Å². The Kier molecular flexibility index (Phi) is 5.03. The van der Waals surface area contributed by atoms with Gasteiger partial charge in [-0.1, -0.05) is 54.0 Å². The summed E-state index contributed by atoms with van der Waals surface area (Å²) < 4.78 is 12.0. The van der Waals surface area contributed by atoms with Gasteiger partial charge in [-0.25, -0.2) is 0 Å². The first kappa shape index (κ1) is 17.5. The molecule has 1 saturated heterocycles. The van der Waals surface area contributed by atoms with Gasteiger partial charge in [-0.15, -0.1) is 0 Å². The molecule has 1 aromatic rings. The van der Waals surface area contributed by atoms with Crippen LogP contribution in [-0.4, -0.2) is 18.3 Å². The molecule has 1 aromatic carbocycles. The highest BCUT2D eigenvalue weighted by Gasteiger charge is 2.49. The van der Waals surface area contributed by atoms with E-state index in [-0.39, 0.29) is 18.3 Å². The van der Waals surface area contributed by atoms with Crippen molar-refractivity contribution < 1.29 is 9.31 Å². The van der Waals surface area contributed by atoms with E-state index < -0.39 is 0 Å². The van der Waals surface area contributed by atoms with Crippen molar-refractivity contribution in [2.45, 2.75) is 70.5 Å². The van der Waals surface area contributed by atoms with Gasteiger partial charge in [0.25, 0.3) is 0 Å². The minimum atomic E-state index is -0.261. The van der Waals surface area contributed by atoms with Gasteiger partial charge >= 0.3 is 7.12 Å². The van der Waals surface area contributed by atoms with Crippen molar-refractivity contribution in [2.24, 2.45) is 0 Å². The molecule has 2 nitrogen and oxygen atoms in total. The largest absolute Gasteiger partial charge is 0.487 e. The van der Waals surface area contributed by atoms with Crippen molar-refractivity contribution in [3.63, 3.8) is 0 Å². The summed E-state index contributed by atoms with van der Waals surface area (Å²) in [5.41, 5.74) is 2.51. The van der Waals surface area contributed by atoms with Gasteiger partial charge in [0, 0.05) is 0 Å². The minimum absolute atomic E-state index is 0.243. The average Bonchev–Trinajstić information content (AvgIpc) is 2.76. The summed E-state index contributed by atoms with van der Waals surface area (Å²) >= 11 is 0. The standard InChI is InChI=1S/C21H29BO2/c1-20(2)21(3,4)24-22(23-20)16-8-9-17-12-14-19(15-13-17)18-10-6-5-7-11-18/h5-11,16,19H,12-15H2,1-4H3/b16-8+,17-9?. The fraction of sp³-hybridized carbons (Fsp3) is 0.524. The molecule has 1 heterocycles. The highest BCUT2D eigenvalue weighted by Crippen LogP contribution is 2.37. The topological polar surface area (TPSA) is 18.5 Å². The highest BCUT2D eigenvalue weighted by atomic mass is 16.7. The number of hydrogen-bond donors (Lipinski definition) is 0. The Morgan fingerprint density at radius 1 is 0.958 bits per heavy atom. The Morgan fingerprint density at radius 3 is 2.12 bits per heavy atom. The number of allylic oxidation sites excluding steroid dienone is 3. The molecule has 24 heavy (non-hydrogen) atoms. The molecule has 0 atom stereocenters. The van der Waals surface area contributed by atoms with Crippen LogP contribution in [0.3, 0.4) is 0 Å². The molecule has 128 valence electrons. The van der Waals surface area contributed by atoms with Gasteiger partial charge in [0.05, 0.1) is 11.2 Å². The predicted octanol–water partition coefficient (Wildman–Crippen LogP) is 5.46. The van der Waals surface area contributed by atoms with E-state index in [2.05, 4.69) is 70.2 Å². The maximum atomic E-state index is 5.99. The van der Waals surface area contributed by atoms with Crippen LogP contribution >= 0.6 is 0 Å². The Morgan fingerprint density at radius 2 is 1.54 bits per heavy atom. The van der Waals surface area contributed by atoms with Crippen molar-refractivity contribution in [1.82, 2.24) is 0 Å². The second-order valence-corrected chi connectivity index (χ2v) is 8.02. The molecular weight excluding hydrogens is 295 g/mol. The average molecular weight is 324 g/mol. The van der Waals surface area contributed by atoms with Crippen LogP contribution in [-0.2, 0) is 9.31 Å². The Balaban J connectivity index is 1.52. The summed E-state index contributed by atoms with van der Waals surface area (Å²) in [7, 11) is -0.243. The Bertz CT molecular complexity index is 590. The first-order valence-corrected chi connectivity index (χ1v) is 9.14. The van der Waals surface area contributed by atoms with E-state index in [9.17, 15) is 0 Å². The fourth-order valence-corrected chi connectivity index (χ4v) is 3.46. The lowest BCUT2D eigenvalue weighted by molar-refractivity contribution is 0.00578. The molecule has 2 aliphatic rings. The zero-order valence-electron chi connectivity index (χ0n) is 15.4. The molecule has 0 N–H and O–H groups in total. The van der Waals surface area contributed by atoms with E-state index in [4.69, 9.17) is 9.31 Å². The number of hydrogen-bond acceptors (Lipinski definition) is 2. The van der Waals surface area contributed by atoms with Crippen LogP contribution in [0.25, 0.3) is 0 Å². The van der Waals surface area contributed by atoms with Gasteiger partial charge in [0.1, 0.15) is 0 Å². The molecule has 3 rings (SSSR count). The third-order valence-corrected chi connectivity index (χ3v) is 5.77. The fourth-order valence-electron chi connectivity index (χ4n) is 3.46. The third-order valence-electron chi connectivity index (χ3n) is 5.77. The summed E-state index contributed by atoms with van der Waals surface area (Å²) in [5, 5.41) is 0. The van der Waals surface area contributed by atoms with Crippen molar-refractivity contribution in [3.8, 4) is 0 Å². The van der Waals surface area contributed by atoms with Crippen LogP contribution in [0.15, 0.2) is 54.0 Å². The van der Waals surface area contributed by atoms with Crippen LogP contribution in [0.1, 0.15) is 64.9 Å². The van der Waals surface area contributed by atoms with Crippen LogP contribution in [0.2, 0.25) is 0 Å². The lowest BCUT2D eigenvalue weighted by Gasteiger charge is -2.32. The second kappa shape index (κ2) is 6.89. The van der Waals surface area contributed by atoms with Gasteiger partial charge < -0.3 is 9.31 Å². The summed E-state index contributed by atoms with van der Waals surface area (Å²) in [5.74, 6) is 2.75. The zero-order valence-corrected chi connectivity index (χ0v) is 15.4. The smallest absolute Gasteiger partial charge is 0.400 e. The molecule has 1 saturated carbocycles. The van der Waals surface area contributed by atoms with E-state index in [1.165, 1.54) is 36.8 Å². The van der Waals surface area contributed by atoms with E-state index in [1.807, 2.05) is 5.98 Å². The van der Waals surface area contributed by atoms with Gasteiger partial charge in [-0.2, -0.15) is 0 Å². The van der Waals surface area contributed by atoms with Crippen LogP contribution in [0, 0.1) is 0 Å².